The van der Waals surface area contributed by atoms with Gasteiger partial charge in [0.05, 0.1) is 11.3 Å². The molecule has 0 spiro atoms. The molecule has 0 saturated carbocycles. The van der Waals surface area contributed by atoms with E-state index in [0.717, 1.165) is 12.5 Å². The maximum absolute atomic E-state index is 13.0. The van der Waals surface area contributed by atoms with Crippen LogP contribution in [0.4, 0.5) is 24.7 Å². The lowest BCUT2D eigenvalue weighted by atomic mass is 10.1. The van der Waals surface area contributed by atoms with Gasteiger partial charge in [-0.2, -0.15) is 13.2 Å². The average Bonchev–Trinajstić information content (AvgIpc) is 2.68. The fourth-order valence-corrected chi connectivity index (χ4v) is 2.68. The van der Waals surface area contributed by atoms with Crippen LogP contribution >= 0.6 is 0 Å². The van der Waals surface area contributed by atoms with Crippen LogP contribution in [0.1, 0.15) is 16.1 Å². The summed E-state index contributed by atoms with van der Waals surface area (Å²) in [6.45, 7) is 1.66. The van der Waals surface area contributed by atoms with Crippen LogP contribution < -0.4 is 5.32 Å². The highest BCUT2D eigenvalue weighted by Crippen LogP contribution is 2.35. The molecule has 2 aromatic rings. The van der Waals surface area contributed by atoms with E-state index in [9.17, 15) is 22.8 Å². The molecule has 142 valence electrons. The van der Waals surface area contributed by atoms with Crippen LogP contribution in [0.2, 0.25) is 0 Å². The Bertz CT molecular complexity index is 818. The number of benzene rings is 1. The van der Waals surface area contributed by atoms with Crippen molar-refractivity contribution in [1.82, 2.24) is 20.0 Å². The van der Waals surface area contributed by atoms with E-state index in [1.807, 2.05) is 0 Å². The summed E-state index contributed by atoms with van der Waals surface area (Å²) in [7, 11) is 0. The lowest BCUT2D eigenvalue weighted by Gasteiger charge is -2.32. The molecule has 0 radical (unpaired) electrons. The molecule has 0 aliphatic carbocycles. The minimum atomic E-state index is -4.50. The molecule has 1 aromatic heterocycles. The van der Waals surface area contributed by atoms with Crippen LogP contribution in [0.5, 0.6) is 0 Å². The van der Waals surface area contributed by atoms with Crippen molar-refractivity contribution in [3.8, 4) is 0 Å². The first-order chi connectivity index (χ1) is 12.9. The second-order valence-electron chi connectivity index (χ2n) is 5.91. The maximum Gasteiger partial charge on any atom is 0.418 e. The van der Waals surface area contributed by atoms with Gasteiger partial charge in [-0.3, -0.25) is 9.59 Å². The van der Waals surface area contributed by atoms with Gasteiger partial charge >= 0.3 is 6.18 Å². The zero-order valence-electron chi connectivity index (χ0n) is 14.1. The van der Waals surface area contributed by atoms with E-state index in [0.29, 0.717) is 26.2 Å². The van der Waals surface area contributed by atoms with Crippen molar-refractivity contribution in [2.75, 3.05) is 31.5 Å². The molecule has 0 unspecified atom stereocenters. The number of para-hydroxylation sites is 1. The number of carbonyl (C=O) groups is 2. The first-order valence-electron chi connectivity index (χ1n) is 8.14. The minimum absolute atomic E-state index is 0.0872. The summed E-state index contributed by atoms with van der Waals surface area (Å²) >= 11 is 0. The van der Waals surface area contributed by atoms with Crippen LogP contribution in [0.3, 0.4) is 0 Å². The summed E-state index contributed by atoms with van der Waals surface area (Å²) in [6, 6.07) is 7.82. The molecule has 2 amide bonds. The van der Waals surface area contributed by atoms with Gasteiger partial charge in [0.25, 0.3) is 5.91 Å². The Labute approximate surface area is 152 Å². The van der Waals surface area contributed by atoms with Gasteiger partial charge in [-0.05, 0) is 24.3 Å². The molecule has 0 atom stereocenters. The highest BCUT2D eigenvalue weighted by molar-refractivity contribution is 5.92. The third-order valence-electron chi connectivity index (χ3n) is 4.13. The van der Waals surface area contributed by atoms with Crippen molar-refractivity contribution in [3.63, 3.8) is 0 Å². The number of alkyl halides is 3. The number of aromatic nitrogens is 2. The Morgan fingerprint density at radius 2 is 1.74 bits per heavy atom. The van der Waals surface area contributed by atoms with Gasteiger partial charge in [0.15, 0.2) is 11.5 Å². The number of halogens is 3. The van der Waals surface area contributed by atoms with E-state index < -0.39 is 11.7 Å². The van der Waals surface area contributed by atoms with Gasteiger partial charge in [-0.15, -0.1) is 10.2 Å². The molecule has 7 nitrogen and oxygen atoms in total. The number of anilines is 2. The summed E-state index contributed by atoms with van der Waals surface area (Å²) in [5, 5.41) is 10.2. The van der Waals surface area contributed by atoms with Gasteiger partial charge in [-0.1, -0.05) is 12.1 Å². The highest BCUT2D eigenvalue weighted by atomic mass is 19.4. The number of piperazine rings is 1. The molecule has 1 saturated heterocycles. The molecular weight excluding hydrogens is 363 g/mol. The molecule has 1 N–H and O–H groups in total. The molecule has 10 heteroatoms. The number of amides is 2. The molecular formula is C17H16F3N5O2. The van der Waals surface area contributed by atoms with E-state index in [2.05, 4.69) is 15.5 Å². The number of nitrogens with one attached hydrogen (secondary N) is 1. The standard InChI is InChI=1S/C17H16F3N5O2/c18-17(19,20)12-3-1-2-4-13(12)21-15-6-5-14(22-23-15)16(27)25-9-7-24(11-26)8-10-25/h1-6,11H,7-10H2,(H,21,23). The second-order valence-corrected chi connectivity index (χ2v) is 5.91. The lowest BCUT2D eigenvalue weighted by Crippen LogP contribution is -2.48. The normalized spacial score (nSPS) is 14.8. The van der Waals surface area contributed by atoms with Crippen molar-refractivity contribution in [2.24, 2.45) is 0 Å². The Morgan fingerprint density at radius 3 is 2.33 bits per heavy atom. The van der Waals surface area contributed by atoms with Crippen molar-refractivity contribution in [2.45, 2.75) is 6.18 Å². The molecule has 1 fully saturated rings. The predicted octanol–water partition coefficient (Wildman–Crippen LogP) is 2.15. The number of hydrogen-bond donors (Lipinski definition) is 1. The molecule has 1 aliphatic rings. The third kappa shape index (κ3) is 4.33. The summed E-state index contributed by atoms with van der Waals surface area (Å²) < 4.78 is 39.1. The molecule has 3 rings (SSSR count). The largest absolute Gasteiger partial charge is 0.418 e. The van der Waals surface area contributed by atoms with E-state index >= 15 is 0 Å². The summed E-state index contributed by atoms with van der Waals surface area (Å²) in [6.07, 6.45) is -3.77. The molecule has 1 aliphatic heterocycles. The topological polar surface area (TPSA) is 78.4 Å². The Kier molecular flexibility index (Phi) is 5.24. The fourth-order valence-electron chi connectivity index (χ4n) is 2.68. The number of hydrogen-bond acceptors (Lipinski definition) is 5. The summed E-state index contributed by atoms with van der Waals surface area (Å²) in [4.78, 5) is 26.2. The minimum Gasteiger partial charge on any atom is -0.342 e. The zero-order valence-corrected chi connectivity index (χ0v) is 14.1. The van der Waals surface area contributed by atoms with Gasteiger partial charge in [-0.25, -0.2) is 0 Å². The van der Waals surface area contributed by atoms with Crippen molar-refractivity contribution in [3.05, 3.63) is 47.7 Å². The summed E-state index contributed by atoms with van der Waals surface area (Å²) in [5.74, 6) is -0.246. The van der Waals surface area contributed by atoms with Crippen molar-refractivity contribution < 1.29 is 22.8 Å². The SMILES string of the molecule is O=CN1CCN(C(=O)c2ccc(Nc3ccccc3C(F)(F)F)nn2)CC1. The number of carbonyl (C=O) groups excluding carboxylic acids is 2. The van der Waals surface area contributed by atoms with Crippen molar-refractivity contribution in [1.29, 1.82) is 0 Å². The summed E-state index contributed by atoms with van der Waals surface area (Å²) in [5.41, 5.74) is -0.882. The molecule has 1 aromatic carbocycles. The number of rotatable bonds is 4. The quantitative estimate of drug-likeness (QED) is 0.824. The maximum atomic E-state index is 13.0. The fraction of sp³-hybridized carbons (Fsp3) is 0.294. The van der Waals surface area contributed by atoms with E-state index in [-0.39, 0.29) is 23.1 Å². The highest BCUT2D eigenvalue weighted by Gasteiger charge is 2.33. The van der Waals surface area contributed by atoms with E-state index in [1.165, 1.54) is 30.3 Å². The lowest BCUT2D eigenvalue weighted by molar-refractivity contribution is -0.137. The smallest absolute Gasteiger partial charge is 0.342 e. The second kappa shape index (κ2) is 7.60. The number of nitrogens with zero attached hydrogens (tertiary/aromatic N) is 4. The monoisotopic (exact) mass is 379 g/mol. The van der Waals surface area contributed by atoms with Crippen LogP contribution in [-0.4, -0.2) is 58.5 Å². The Hall–Kier alpha value is -3.17. The van der Waals surface area contributed by atoms with Gasteiger partial charge in [0, 0.05) is 26.2 Å². The molecule has 0 bridgehead atoms. The average molecular weight is 379 g/mol. The Morgan fingerprint density at radius 1 is 1.04 bits per heavy atom. The van der Waals surface area contributed by atoms with Crippen molar-refractivity contribution >= 4 is 23.8 Å². The van der Waals surface area contributed by atoms with E-state index in [1.54, 1.807) is 9.80 Å². The first kappa shape index (κ1) is 18.6. The van der Waals surface area contributed by atoms with Crippen LogP contribution in [0.15, 0.2) is 36.4 Å². The van der Waals surface area contributed by atoms with Gasteiger partial charge < -0.3 is 15.1 Å². The van der Waals surface area contributed by atoms with Crippen LogP contribution in [0.25, 0.3) is 0 Å². The first-order valence-corrected chi connectivity index (χ1v) is 8.14. The predicted molar refractivity (Wildman–Crippen MR) is 90.3 cm³/mol. The van der Waals surface area contributed by atoms with Gasteiger partial charge in [0.2, 0.25) is 6.41 Å². The zero-order chi connectivity index (χ0) is 19.4. The Balaban J connectivity index is 1.70. The van der Waals surface area contributed by atoms with E-state index in [4.69, 9.17) is 0 Å². The molecule has 2 heterocycles. The van der Waals surface area contributed by atoms with Crippen LogP contribution in [-0.2, 0) is 11.0 Å². The molecule has 27 heavy (non-hydrogen) atoms. The van der Waals surface area contributed by atoms with Gasteiger partial charge in [0.1, 0.15) is 0 Å². The van der Waals surface area contributed by atoms with Crippen LogP contribution in [0, 0.1) is 0 Å². The third-order valence-corrected chi connectivity index (χ3v) is 4.13.